The van der Waals surface area contributed by atoms with Gasteiger partial charge in [-0.05, 0) is 36.2 Å². The lowest BCUT2D eigenvalue weighted by molar-refractivity contribution is -0.148. The Morgan fingerprint density at radius 2 is 1.52 bits per heavy atom. The molecule has 0 fully saturated rings. The number of rotatable bonds is 8. The predicted octanol–water partition coefficient (Wildman–Crippen LogP) is 1.97. The summed E-state index contributed by atoms with van der Waals surface area (Å²) in [5.74, 6) is -2.18. The molecule has 152 valence electrons. The van der Waals surface area contributed by atoms with Crippen molar-refractivity contribution < 1.29 is 23.9 Å². The number of hydrogen-bond donors (Lipinski definition) is 3. The summed E-state index contributed by atoms with van der Waals surface area (Å²) in [6.45, 7) is 1.59. The molecule has 8 heteroatoms. The van der Waals surface area contributed by atoms with Gasteiger partial charge in [0, 0.05) is 17.7 Å². The van der Waals surface area contributed by atoms with Crippen molar-refractivity contribution in [3.8, 4) is 0 Å². The molecule has 8 nitrogen and oxygen atoms in total. The zero-order valence-corrected chi connectivity index (χ0v) is 16.1. The fraction of sp³-hybridized carbons (Fsp3) is 0.238. The molecular formula is C21H23N3O5. The van der Waals surface area contributed by atoms with Crippen LogP contribution in [0.15, 0.2) is 54.6 Å². The van der Waals surface area contributed by atoms with Crippen molar-refractivity contribution in [1.82, 2.24) is 10.9 Å². The Hall–Kier alpha value is -3.68. The van der Waals surface area contributed by atoms with E-state index in [9.17, 15) is 19.2 Å². The van der Waals surface area contributed by atoms with Gasteiger partial charge < -0.3 is 10.1 Å². The molecule has 0 heterocycles. The molecule has 0 radical (unpaired) electrons. The van der Waals surface area contributed by atoms with Crippen LogP contribution in [0.4, 0.5) is 5.69 Å². The zero-order chi connectivity index (χ0) is 21.1. The highest BCUT2D eigenvalue weighted by atomic mass is 16.5. The van der Waals surface area contributed by atoms with Crippen molar-refractivity contribution in [2.24, 2.45) is 0 Å². The molecule has 0 aromatic heterocycles. The van der Waals surface area contributed by atoms with Gasteiger partial charge in [0.25, 0.3) is 11.8 Å². The third-order valence-electron chi connectivity index (χ3n) is 3.92. The van der Waals surface area contributed by atoms with Gasteiger partial charge in [-0.2, -0.15) is 0 Å². The van der Waals surface area contributed by atoms with Crippen LogP contribution < -0.4 is 16.2 Å². The second-order valence-electron chi connectivity index (χ2n) is 6.13. The summed E-state index contributed by atoms with van der Waals surface area (Å²) in [6, 6.07) is 15.7. The Labute approximate surface area is 168 Å². The van der Waals surface area contributed by atoms with E-state index >= 15 is 0 Å². The lowest BCUT2D eigenvalue weighted by atomic mass is 10.1. The number of ether oxygens (including phenoxy) is 1. The number of carbonyl (C=O) groups excluding carboxylic acids is 4. The topological polar surface area (TPSA) is 114 Å². The fourth-order valence-electron chi connectivity index (χ4n) is 2.31. The first-order chi connectivity index (χ1) is 14.0. The van der Waals surface area contributed by atoms with Crippen LogP contribution in [0, 0.1) is 0 Å². The SMILES string of the molecule is CCc1ccc(NC(=O)COC(=O)CCC(=O)NNC(=O)c2ccccc2)cc1. The molecule has 3 amide bonds. The molecule has 0 aliphatic carbocycles. The second kappa shape index (κ2) is 11.2. The van der Waals surface area contributed by atoms with Crippen molar-refractivity contribution in [1.29, 1.82) is 0 Å². The maximum Gasteiger partial charge on any atom is 0.306 e. The van der Waals surface area contributed by atoms with Gasteiger partial charge >= 0.3 is 5.97 Å². The molecule has 0 atom stereocenters. The molecule has 2 aromatic carbocycles. The number of anilines is 1. The van der Waals surface area contributed by atoms with Gasteiger partial charge in [0.1, 0.15) is 0 Å². The van der Waals surface area contributed by atoms with Crippen LogP contribution in [0.1, 0.15) is 35.7 Å². The Kier molecular flexibility index (Phi) is 8.37. The van der Waals surface area contributed by atoms with Gasteiger partial charge in [-0.1, -0.05) is 37.3 Å². The number of aryl methyl sites for hydroxylation is 1. The van der Waals surface area contributed by atoms with Crippen molar-refractivity contribution in [3.63, 3.8) is 0 Å². The first kappa shape index (κ1) is 21.6. The fourth-order valence-corrected chi connectivity index (χ4v) is 2.31. The average molecular weight is 397 g/mol. The number of hydrogen-bond acceptors (Lipinski definition) is 5. The maximum absolute atomic E-state index is 11.8. The van der Waals surface area contributed by atoms with Crippen molar-refractivity contribution in [2.45, 2.75) is 26.2 Å². The monoisotopic (exact) mass is 397 g/mol. The first-order valence-corrected chi connectivity index (χ1v) is 9.16. The maximum atomic E-state index is 11.8. The standard InChI is InChI=1S/C21H23N3O5/c1-2-15-8-10-17(11-9-15)22-19(26)14-29-20(27)13-12-18(25)23-24-21(28)16-6-4-3-5-7-16/h3-11H,2,12-14H2,1H3,(H,22,26)(H,23,25)(H,24,28). The highest BCUT2D eigenvalue weighted by molar-refractivity contribution is 5.95. The van der Waals surface area contributed by atoms with Crippen LogP contribution in [0.25, 0.3) is 0 Å². The molecule has 0 saturated carbocycles. The van der Waals surface area contributed by atoms with Gasteiger partial charge in [0.05, 0.1) is 6.42 Å². The molecule has 0 unspecified atom stereocenters. The molecule has 2 aromatic rings. The van der Waals surface area contributed by atoms with Crippen LogP contribution in [0.2, 0.25) is 0 Å². The van der Waals surface area contributed by atoms with E-state index in [2.05, 4.69) is 16.2 Å². The normalized spacial score (nSPS) is 9.97. The highest BCUT2D eigenvalue weighted by Gasteiger charge is 2.12. The van der Waals surface area contributed by atoms with Crippen LogP contribution in [0.3, 0.4) is 0 Å². The predicted molar refractivity (Wildman–Crippen MR) is 107 cm³/mol. The molecule has 0 aliphatic rings. The number of esters is 1. The molecule has 0 bridgehead atoms. The van der Waals surface area contributed by atoms with Gasteiger partial charge in [0.2, 0.25) is 5.91 Å². The number of benzene rings is 2. The minimum atomic E-state index is -0.689. The largest absolute Gasteiger partial charge is 0.456 e. The van der Waals surface area contributed by atoms with E-state index < -0.39 is 30.3 Å². The third-order valence-corrected chi connectivity index (χ3v) is 3.92. The van der Waals surface area contributed by atoms with E-state index in [4.69, 9.17) is 4.74 Å². The number of carbonyl (C=O) groups is 4. The van der Waals surface area contributed by atoms with Gasteiger partial charge in [-0.25, -0.2) is 0 Å². The molecule has 29 heavy (non-hydrogen) atoms. The van der Waals surface area contributed by atoms with Crippen LogP contribution in [-0.2, 0) is 25.5 Å². The minimum Gasteiger partial charge on any atom is -0.456 e. The summed E-state index contributed by atoms with van der Waals surface area (Å²) in [4.78, 5) is 47.0. The molecule has 3 N–H and O–H groups in total. The van der Waals surface area contributed by atoms with Crippen LogP contribution in [0.5, 0.6) is 0 Å². The Morgan fingerprint density at radius 3 is 2.17 bits per heavy atom. The Morgan fingerprint density at radius 1 is 0.828 bits per heavy atom. The summed E-state index contributed by atoms with van der Waals surface area (Å²) in [6.07, 6.45) is 0.495. The smallest absolute Gasteiger partial charge is 0.306 e. The van der Waals surface area contributed by atoms with E-state index in [-0.39, 0.29) is 12.8 Å². The van der Waals surface area contributed by atoms with E-state index in [0.717, 1.165) is 12.0 Å². The minimum absolute atomic E-state index is 0.187. The zero-order valence-electron chi connectivity index (χ0n) is 16.1. The summed E-state index contributed by atoms with van der Waals surface area (Å²) >= 11 is 0. The first-order valence-electron chi connectivity index (χ1n) is 9.16. The van der Waals surface area contributed by atoms with Crippen molar-refractivity contribution >= 4 is 29.4 Å². The third kappa shape index (κ3) is 7.84. The Balaban J connectivity index is 1.62. The molecule has 2 rings (SSSR count). The van der Waals surface area contributed by atoms with Gasteiger partial charge in [0.15, 0.2) is 6.61 Å². The van der Waals surface area contributed by atoms with Crippen LogP contribution in [-0.4, -0.2) is 30.3 Å². The molecule has 0 spiro atoms. The van der Waals surface area contributed by atoms with E-state index in [1.807, 2.05) is 19.1 Å². The number of hydrazine groups is 1. The van der Waals surface area contributed by atoms with Crippen molar-refractivity contribution in [2.75, 3.05) is 11.9 Å². The summed E-state index contributed by atoms with van der Waals surface area (Å²) in [5.41, 5.74) is 6.62. The van der Waals surface area contributed by atoms with Crippen molar-refractivity contribution in [3.05, 3.63) is 65.7 Å². The van der Waals surface area contributed by atoms with Gasteiger partial charge in [-0.15, -0.1) is 0 Å². The lowest BCUT2D eigenvalue weighted by Crippen LogP contribution is -2.41. The molecule has 0 aliphatic heterocycles. The highest BCUT2D eigenvalue weighted by Crippen LogP contribution is 2.09. The van der Waals surface area contributed by atoms with Gasteiger partial charge in [-0.3, -0.25) is 30.0 Å². The summed E-state index contributed by atoms with van der Waals surface area (Å²) < 4.78 is 4.85. The van der Waals surface area contributed by atoms with Crippen LogP contribution >= 0.6 is 0 Å². The molecule has 0 saturated heterocycles. The average Bonchev–Trinajstić information content (AvgIpc) is 2.75. The molecular weight excluding hydrogens is 374 g/mol. The lowest BCUT2D eigenvalue weighted by Gasteiger charge is -2.08. The number of amides is 3. The quantitative estimate of drug-likeness (QED) is 0.466. The van der Waals surface area contributed by atoms with E-state index in [0.29, 0.717) is 11.3 Å². The van der Waals surface area contributed by atoms with E-state index in [1.165, 1.54) is 0 Å². The summed E-state index contributed by atoms with van der Waals surface area (Å²) in [7, 11) is 0. The number of nitrogens with one attached hydrogen (secondary N) is 3. The second-order valence-corrected chi connectivity index (χ2v) is 6.13. The summed E-state index contributed by atoms with van der Waals surface area (Å²) in [5, 5.41) is 2.62. The van der Waals surface area contributed by atoms with E-state index in [1.54, 1.807) is 42.5 Å². The Bertz CT molecular complexity index is 850.